The van der Waals surface area contributed by atoms with E-state index in [1.165, 1.54) is 0 Å². The molecule has 0 N–H and O–H groups in total. The fraction of sp³-hybridized carbons (Fsp3) is 0.333. The van der Waals surface area contributed by atoms with Crippen molar-refractivity contribution in [2.24, 2.45) is 0 Å². The second-order valence-electron chi connectivity index (χ2n) is 1.93. The summed E-state index contributed by atoms with van der Waals surface area (Å²) in [5, 5.41) is 1.60. The maximum absolute atomic E-state index is 5.09. The van der Waals surface area contributed by atoms with E-state index in [1.807, 2.05) is 0 Å². The van der Waals surface area contributed by atoms with Gasteiger partial charge < -0.3 is 0 Å². The smallest absolute Gasteiger partial charge is 0.0639 e. The summed E-state index contributed by atoms with van der Waals surface area (Å²) in [5.41, 5.74) is 0.725. The van der Waals surface area contributed by atoms with Crippen LogP contribution < -0.4 is 0 Å². The van der Waals surface area contributed by atoms with E-state index in [9.17, 15) is 0 Å². The third-order valence-corrected chi connectivity index (χ3v) is 1.24. The predicted molar refractivity (Wildman–Crippen MR) is 46.5 cm³/mol. The van der Waals surface area contributed by atoms with Crippen LogP contribution in [0.3, 0.4) is 0 Å². The third-order valence-electron chi connectivity index (χ3n) is 1.24. The van der Waals surface area contributed by atoms with Crippen LogP contribution in [0.2, 0.25) is 0 Å². The minimum atomic E-state index is 0.640. The van der Waals surface area contributed by atoms with Gasteiger partial charge in [0.05, 0.1) is 19.4 Å². The van der Waals surface area contributed by atoms with E-state index in [0.717, 1.165) is 5.70 Å². The summed E-state index contributed by atoms with van der Waals surface area (Å²) in [4.78, 5) is 4.97. The summed E-state index contributed by atoms with van der Waals surface area (Å²) in [5.74, 6) is 2.51. The van der Waals surface area contributed by atoms with Gasteiger partial charge in [0, 0.05) is 6.42 Å². The largest absolute Gasteiger partial charge is 0.277 e. The Morgan fingerprint density at radius 2 is 2.45 bits per heavy atom. The SMILES string of the molecule is C#CCCN(OC)C(=C)C=C. The molecular weight excluding hydrogens is 138 g/mol. The van der Waals surface area contributed by atoms with Gasteiger partial charge in [-0.2, -0.15) is 0 Å². The van der Waals surface area contributed by atoms with Crippen molar-refractivity contribution >= 4 is 0 Å². The van der Waals surface area contributed by atoms with Gasteiger partial charge in [0.15, 0.2) is 0 Å². The highest BCUT2D eigenvalue weighted by atomic mass is 16.7. The predicted octanol–water partition coefficient (Wildman–Crippen LogP) is 1.57. The van der Waals surface area contributed by atoms with Crippen LogP contribution in [0, 0.1) is 12.3 Å². The Morgan fingerprint density at radius 1 is 1.82 bits per heavy atom. The van der Waals surface area contributed by atoms with Crippen LogP contribution in [0.25, 0.3) is 0 Å². The maximum atomic E-state index is 5.09. The van der Waals surface area contributed by atoms with Crippen LogP contribution in [0.15, 0.2) is 24.9 Å². The first-order chi connectivity index (χ1) is 5.26. The molecule has 2 heteroatoms. The van der Waals surface area contributed by atoms with Crippen LogP contribution in [-0.2, 0) is 4.84 Å². The highest BCUT2D eigenvalue weighted by Crippen LogP contribution is 2.02. The molecule has 0 aromatic carbocycles. The lowest BCUT2D eigenvalue weighted by Crippen LogP contribution is -2.20. The molecule has 0 amide bonds. The fourth-order valence-electron chi connectivity index (χ4n) is 0.620. The van der Waals surface area contributed by atoms with Crippen molar-refractivity contribution < 1.29 is 4.84 Å². The molecule has 11 heavy (non-hydrogen) atoms. The second kappa shape index (κ2) is 5.57. The number of hydroxylamine groups is 2. The van der Waals surface area contributed by atoms with Crippen molar-refractivity contribution in [1.82, 2.24) is 5.06 Å². The molecule has 0 aromatic rings. The molecule has 0 rings (SSSR count). The minimum Gasteiger partial charge on any atom is -0.277 e. The lowest BCUT2D eigenvalue weighted by atomic mass is 10.4. The van der Waals surface area contributed by atoms with Gasteiger partial charge in [0.2, 0.25) is 0 Å². The van der Waals surface area contributed by atoms with Crippen molar-refractivity contribution in [2.45, 2.75) is 6.42 Å². The first-order valence-corrected chi connectivity index (χ1v) is 3.32. The second-order valence-corrected chi connectivity index (χ2v) is 1.93. The first-order valence-electron chi connectivity index (χ1n) is 3.32. The molecule has 0 aliphatic heterocycles. The molecule has 60 valence electrons. The van der Waals surface area contributed by atoms with Gasteiger partial charge in [0.1, 0.15) is 0 Å². The Kier molecular flexibility index (Phi) is 4.97. The van der Waals surface area contributed by atoms with Crippen molar-refractivity contribution in [2.75, 3.05) is 13.7 Å². The lowest BCUT2D eigenvalue weighted by molar-refractivity contribution is -0.0942. The van der Waals surface area contributed by atoms with E-state index in [4.69, 9.17) is 11.3 Å². The van der Waals surface area contributed by atoms with E-state index in [0.29, 0.717) is 13.0 Å². The van der Waals surface area contributed by atoms with Gasteiger partial charge in [-0.15, -0.1) is 12.3 Å². The topological polar surface area (TPSA) is 12.5 Å². The average molecular weight is 151 g/mol. The summed E-state index contributed by atoms with van der Waals surface area (Å²) < 4.78 is 0. The van der Waals surface area contributed by atoms with Crippen molar-refractivity contribution in [3.05, 3.63) is 24.9 Å². The summed E-state index contributed by atoms with van der Waals surface area (Å²) in [7, 11) is 1.57. The number of hydrogen-bond donors (Lipinski definition) is 0. The van der Waals surface area contributed by atoms with E-state index >= 15 is 0 Å². The van der Waals surface area contributed by atoms with Gasteiger partial charge >= 0.3 is 0 Å². The summed E-state index contributed by atoms with van der Waals surface area (Å²) in [6.07, 6.45) is 7.35. The van der Waals surface area contributed by atoms with Crippen LogP contribution in [0.5, 0.6) is 0 Å². The maximum Gasteiger partial charge on any atom is 0.0639 e. The molecule has 0 fully saturated rings. The monoisotopic (exact) mass is 151 g/mol. The van der Waals surface area contributed by atoms with Crippen LogP contribution in [-0.4, -0.2) is 18.7 Å². The molecule has 0 radical (unpaired) electrons. The normalized spacial score (nSPS) is 8.36. The summed E-state index contributed by atoms with van der Waals surface area (Å²) >= 11 is 0. The number of nitrogens with zero attached hydrogens (tertiary/aromatic N) is 1. The Labute approximate surface area is 68.1 Å². The quantitative estimate of drug-likeness (QED) is 0.336. The van der Waals surface area contributed by atoms with Gasteiger partial charge in [-0.05, 0) is 6.08 Å². The van der Waals surface area contributed by atoms with E-state index < -0.39 is 0 Å². The molecule has 0 saturated heterocycles. The minimum absolute atomic E-state index is 0.640. The average Bonchev–Trinajstić information content (AvgIpc) is 2.05. The molecule has 0 aliphatic carbocycles. The number of allylic oxidation sites excluding steroid dienone is 1. The Balaban J connectivity index is 3.86. The fourth-order valence-corrected chi connectivity index (χ4v) is 0.620. The number of terminal acetylenes is 1. The third kappa shape index (κ3) is 3.49. The number of rotatable bonds is 5. The molecule has 0 aromatic heterocycles. The zero-order valence-corrected chi connectivity index (χ0v) is 6.84. The summed E-state index contributed by atoms with van der Waals surface area (Å²) in [6, 6.07) is 0. The lowest BCUT2D eigenvalue weighted by Gasteiger charge is -2.20. The van der Waals surface area contributed by atoms with Gasteiger partial charge in [-0.3, -0.25) is 9.90 Å². The standard InChI is InChI=1S/C9H13NO/c1-5-7-8-10(11-4)9(3)6-2/h1,6H,2-3,7-8H2,4H3. The Morgan fingerprint density at radius 3 is 2.82 bits per heavy atom. The summed E-state index contributed by atoms with van der Waals surface area (Å²) in [6.45, 7) is 7.93. The number of hydrogen-bond acceptors (Lipinski definition) is 2. The molecule has 0 atom stereocenters. The van der Waals surface area contributed by atoms with E-state index in [1.54, 1.807) is 18.2 Å². The molecule has 2 nitrogen and oxygen atoms in total. The zero-order chi connectivity index (χ0) is 8.69. The first kappa shape index (κ1) is 9.80. The highest BCUT2D eigenvalue weighted by Gasteiger charge is 2.00. The molecule has 0 saturated carbocycles. The van der Waals surface area contributed by atoms with Crippen molar-refractivity contribution in [3.8, 4) is 12.3 Å². The van der Waals surface area contributed by atoms with Gasteiger partial charge in [-0.25, -0.2) is 0 Å². The van der Waals surface area contributed by atoms with Crippen LogP contribution in [0.1, 0.15) is 6.42 Å². The van der Waals surface area contributed by atoms with Crippen LogP contribution in [0.4, 0.5) is 0 Å². The van der Waals surface area contributed by atoms with Gasteiger partial charge in [0.25, 0.3) is 0 Å². The Bertz CT molecular complexity index is 178. The molecule has 0 unspecified atom stereocenters. The van der Waals surface area contributed by atoms with Crippen LogP contribution >= 0.6 is 0 Å². The van der Waals surface area contributed by atoms with E-state index in [-0.39, 0.29) is 0 Å². The molecule has 0 aliphatic rings. The molecule has 0 heterocycles. The van der Waals surface area contributed by atoms with E-state index in [2.05, 4.69) is 19.1 Å². The molecule has 0 bridgehead atoms. The highest BCUT2D eigenvalue weighted by molar-refractivity contribution is 5.07. The zero-order valence-electron chi connectivity index (χ0n) is 6.84. The van der Waals surface area contributed by atoms with Gasteiger partial charge in [-0.1, -0.05) is 13.2 Å². The molecular formula is C9H13NO. The Hall–Kier alpha value is -1.20. The molecule has 0 spiro atoms. The van der Waals surface area contributed by atoms with Crippen molar-refractivity contribution in [1.29, 1.82) is 0 Å². The van der Waals surface area contributed by atoms with Crippen molar-refractivity contribution in [3.63, 3.8) is 0 Å².